The highest BCUT2D eigenvalue weighted by Gasteiger charge is 2.30. The van der Waals surface area contributed by atoms with E-state index < -0.39 is 10.0 Å². The second kappa shape index (κ2) is 10.0. The lowest BCUT2D eigenvalue weighted by atomic mass is 9.86. The number of carbonyl (C=O) groups excluding carboxylic acids is 1. The molecule has 2 fully saturated rings. The first-order valence-electron chi connectivity index (χ1n) is 11.0. The van der Waals surface area contributed by atoms with Gasteiger partial charge in [-0.3, -0.25) is 9.69 Å². The molecule has 0 spiro atoms. The average Bonchev–Trinajstić information content (AvgIpc) is 2.71. The van der Waals surface area contributed by atoms with Crippen LogP contribution in [0.4, 0.5) is 0 Å². The van der Waals surface area contributed by atoms with Crippen LogP contribution in [0.1, 0.15) is 51.5 Å². The molecule has 1 saturated carbocycles. The van der Waals surface area contributed by atoms with Crippen LogP contribution in [0.3, 0.4) is 0 Å². The van der Waals surface area contributed by atoms with Crippen molar-refractivity contribution in [2.75, 3.05) is 32.7 Å². The molecule has 2 aliphatic rings. The van der Waals surface area contributed by atoms with Crippen LogP contribution in [-0.2, 0) is 21.2 Å². The minimum atomic E-state index is -3.47. The van der Waals surface area contributed by atoms with Gasteiger partial charge in [0.1, 0.15) is 0 Å². The fraction of sp³-hybridized carbons (Fsp3) is 0.682. The molecule has 2 atom stereocenters. The van der Waals surface area contributed by atoms with Gasteiger partial charge in [0.05, 0.1) is 11.4 Å². The summed E-state index contributed by atoms with van der Waals surface area (Å²) < 4.78 is 27.4. The topological polar surface area (TPSA) is 69.7 Å². The van der Waals surface area contributed by atoms with Gasteiger partial charge in [-0.1, -0.05) is 45.2 Å². The number of sulfonamides is 1. The van der Waals surface area contributed by atoms with Crippen LogP contribution in [0.25, 0.3) is 0 Å². The van der Waals surface area contributed by atoms with Crippen molar-refractivity contribution < 1.29 is 13.2 Å². The molecule has 1 N–H and O–H groups in total. The van der Waals surface area contributed by atoms with Crippen molar-refractivity contribution >= 4 is 15.9 Å². The highest BCUT2D eigenvalue weighted by atomic mass is 32.2. The third-order valence-electron chi connectivity index (χ3n) is 6.26. The summed E-state index contributed by atoms with van der Waals surface area (Å²) in [5.41, 5.74) is 1.16. The summed E-state index contributed by atoms with van der Waals surface area (Å²) in [5, 5.41) is 3.19. The maximum Gasteiger partial charge on any atom is 0.243 e. The number of aryl methyl sites for hydroxylation is 1. The van der Waals surface area contributed by atoms with Crippen molar-refractivity contribution in [3.05, 3.63) is 29.8 Å². The minimum Gasteiger partial charge on any atom is -0.352 e. The molecule has 1 aliphatic heterocycles. The average molecular weight is 422 g/mol. The van der Waals surface area contributed by atoms with Gasteiger partial charge in [0.15, 0.2) is 0 Å². The van der Waals surface area contributed by atoms with E-state index >= 15 is 0 Å². The third-order valence-corrected chi connectivity index (χ3v) is 8.17. The van der Waals surface area contributed by atoms with E-state index in [9.17, 15) is 13.2 Å². The summed E-state index contributed by atoms with van der Waals surface area (Å²) in [6.07, 6.45) is 6.69. The molecule has 162 valence electrons. The molecule has 29 heavy (non-hydrogen) atoms. The van der Waals surface area contributed by atoms with E-state index in [4.69, 9.17) is 0 Å². The van der Waals surface area contributed by atoms with Crippen LogP contribution in [0.2, 0.25) is 0 Å². The fourth-order valence-electron chi connectivity index (χ4n) is 4.38. The maximum absolute atomic E-state index is 12.9. The van der Waals surface area contributed by atoms with E-state index in [0.717, 1.165) is 24.8 Å². The van der Waals surface area contributed by atoms with Crippen molar-refractivity contribution in [3.63, 3.8) is 0 Å². The van der Waals surface area contributed by atoms with Crippen LogP contribution in [0.15, 0.2) is 29.2 Å². The normalized spacial score (nSPS) is 24.3. The monoisotopic (exact) mass is 421 g/mol. The lowest BCUT2D eigenvalue weighted by Crippen LogP contribution is -2.52. The SMILES string of the molecule is CCCc1ccc(S(=O)(=O)N2CCN(CC(=O)N[C@@H]3CCCC[C@H]3C)CC2)cc1. The first kappa shape index (κ1) is 22.2. The standard InChI is InChI=1S/C22H35N3O3S/c1-3-6-19-9-11-20(12-10-19)29(27,28)25-15-13-24(14-16-25)17-22(26)23-21-8-5-4-7-18(21)2/h9-12,18,21H,3-8,13-17H2,1-2H3,(H,23,26)/t18-,21-/m1/s1. The van der Waals surface area contributed by atoms with Crippen molar-refractivity contribution in [1.82, 2.24) is 14.5 Å². The van der Waals surface area contributed by atoms with Crippen molar-refractivity contribution in [2.45, 2.75) is 63.3 Å². The summed E-state index contributed by atoms with van der Waals surface area (Å²) in [7, 11) is -3.47. The van der Waals surface area contributed by atoms with E-state index in [1.165, 1.54) is 19.3 Å². The van der Waals surface area contributed by atoms with Gasteiger partial charge in [-0.25, -0.2) is 8.42 Å². The molecule has 1 heterocycles. The second-order valence-electron chi connectivity index (χ2n) is 8.51. The van der Waals surface area contributed by atoms with E-state index in [1.54, 1.807) is 16.4 Å². The fourth-order valence-corrected chi connectivity index (χ4v) is 5.80. The Bertz CT molecular complexity index is 771. The molecule has 0 radical (unpaired) electrons. The lowest BCUT2D eigenvalue weighted by molar-refractivity contribution is -0.123. The third kappa shape index (κ3) is 5.80. The molecule has 1 aliphatic carbocycles. The molecule has 0 aromatic heterocycles. The molecule has 0 bridgehead atoms. The quantitative estimate of drug-likeness (QED) is 0.735. The van der Waals surface area contributed by atoms with Crippen LogP contribution in [0, 0.1) is 5.92 Å². The smallest absolute Gasteiger partial charge is 0.243 e. The molecule has 1 amide bonds. The Hall–Kier alpha value is -1.44. The molecule has 0 unspecified atom stereocenters. The van der Waals surface area contributed by atoms with Gasteiger partial charge < -0.3 is 5.32 Å². The van der Waals surface area contributed by atoms with Crippen LogP contribution in [0.5, 0.6) is 0 Å². The van der Waals surface area contributed by atoms with Crippen molar-refractivity contribution in [3.8, 4) is 0 Å². The zero-order valence-corrected chi connectivity index (χ0v) is 18.6. The summed E-state index contributed by atoms with van der Waals surface area (Å²) in [6.45, 7) is 6.69. The molecule has 1 aromatic carbocycles. The number of hydrogen-bond acceptors (Lipinski definition) is 4. The Morgan fingerprint density at radius 3 is 2.34 bits per heavy atom. The predicted molar refractivity (Wildman–Crippen MR) is 115 cm³/mol. The summed E-state index contributed by atoms with van der Waals surface area (Å²) in [4.78, 5) is 14.8. The molecule has 6 nitrogen and oxygen atoms in total. The van der Waals surface area contributed by atoms with Gasteiger partial charge in [-0.2, -0.15) is 4.31 Å². The Kier molecular flexibility index (Phi) is 7.71. The number of carbonyl (C=O) groups is 1. The second-order valence-corrected chi connectivity index (χ2v) is 10.4. The number of rotatable bonds is 7. The van der Waals surface area contributed by atoms with E-state index in [1.807, 2.05) is 12.1 Å². The highest BCUT2D eigenvalue weighted by Crippen LogP contribution is 2.24. The Balaban J connectivity index is 1.49. The zero-order valence-electron chi connectivity index (χ0n) is 17.8. The van der Waals surface area contributed by atoms with E-state index in [-0.39, 0.29) is 11.9 Å². The molecule has 1 aromatic rings. The zero-order chi connectivity index (χ0) is 20.9. The molecular weight excluding hydrogens is 386 g/mol. The number of hydrogen-bond donors (Lipinski definition) is 1. The largest absolute Gasteiger partial charge is 0.352 e. The summed E-state index contributed by atoms with van der Waals surface area (Å²) >= 11 is 0. The van der Waals surface area contributed by atoms with Crippen LogP contribution in [-0.4, -0.2) is 62.3 Å². The van der Waals surface area contributed by atoms with Crippen LogP contribution >= 0.6 is 0 Å². The first-order chi connectivity index (χ1) is 13.9. The van der Waals surface area contributed by atoms with Gasteiger partial charge in [0.2, 0.25) is 15.9 Å². The van der Waals surface area contributed by atoms with Gasteiger partial charge in [0.25, 0.3) is 0 Å². The van der Waals surface area contributed by atoms with Gasteiger partial charge in [0, 0.05) is 32.2 Å². The predicted octanol–water partition coefficient (Wildman–Crippen LogP) is 2.64. The van der Waals surface area contributed by atoms with Crippen LogP contribution < -0.4 is 5.32 Å². The molecular formula is C22H35N3O3S. The lowest BCUT2D eigenvalue weighted by Gasteiger charge is -2.34. The molecule has 7 heteroatoms. The molecule has 1 saturated heterocycles. The minimum absolute atomic E-state index is 0.0616. The highest BCUT2D eigenvalue weighted by molar-refractivity contribution is 7.89. The van der Waals surface area contributed by atoms with Gasteiger partial charge in [-0.15, -0.1) is 0 Å². The maximum atomic E-state index is 12.9. The van der Waals surface area contributed by atoms with Gasteiger partial charge in [-0.05, 0) is 42.9 Å². The van der Waals surface area contributed by atoms with E-state index in [2.05, 4.69) is 24.1 Å². The number of piperazine rings is 1. The number of nitrogens with one attached hydrogen (secondary N) is 1. The van der Waals surface area contributed by atoms with Crippen molar-refractivity contribution in [2.24, 2.45) is 5.92 Å². The van der Waals surface area contributed by atoms with Gasteiger partial charge >= 0.3 is 0 Å². The van der Waals surface area contributed by atoms with E-state index in [0.29, 0.717) is 43.5 Å². The number of nitrogens with zero attached hydrogens (tertiary/aromatic N) is 2. The number of amides is 1. The summed E-state index contributed by atoms with van der Waals surface area (Å²) in [5.74, 6) is 0.602. The first-order valence-corrected chi connectivity index (χ1v) is 12.4. The Morgan fingerprint density at radius 2 is 1.72 bits per heavy atom. The van der Waals surface area contributed by atoms with Crippen molar-refractivity contribution in [1.29, 1.82) is 0 Å². The Labute approximate surface area is 175 Å². The number of benzene rings is 1. The Morgan fingerprint density at radius 1 is 1.07 bits per heavy atom. The summed E-state index contributed by atoms with van der Waals surface area (Å²) in [6, 6.07) is 7.53. The molecule has 3 rings (SSSR count).